The summed E-state index contributed by atoms with van der Waals surface area (Å²) >= 11 is 0. The summed E-state index contributed by atoms with van der Waals surface area (Å²) in [4.78, 5) is 9.48. The van der Waals surface area contributed by atoms with Crippen LogP contribution in [0.3, 0.4) is 0 Å². The van der Waals surface area contributed by atoms with Crippen LogP contribution in [0.15, 0.2) is 60.8 Å². The minimum atomic E-state index is 0.121. The van der Waals surface area contributed by atoms with Crippen molar-refractivity contribution in [2.24, 2.45) is 0 Å². The molecule has 2 heterocycles. The Morgan fingerprint density at radius 2 is 1.46 bits per heavy atom. The molecule has 4 aromatic rings. The summed E-state index contributed by atoms with van der Waals surface area (Å²) in [5.41, 5.74) is 6.52. The number of aryl methyl sites for hydroxylation is 1. The molecule has 2 aromatic carbocycles. The molecule has 0 fully saturated rings. The van der Waals surface area contributed by atoms with Crippen molar-refractivity contribution in [1.82, 2.24) is 14.4 Å². The maximum atomic E-state index is 5.30. The Labute approximate surface area is 165 Å². The van der Waals surface area contributed by atoms with Crippen molar-refractivity contribution in [2.75, 3.05) is 7.11 Å². The van der Waals surface area contributed by atoms with E-state index in [4.69, 9.17) is 9.72 Å². The molecule has 0 N–H and O–H groups in total. The second-order valence-corrected chi connectivity index (χ2v) is 8.10. The third-order valence-corrected chi connectivity index (χ3v) is 5.02. The molecule has 2 aromatic heterocycles. The quantitative estimate of drug-likeness (QED) is 0.465. The van der Waals surface area contributed by atoms with Gasteiger partial charge in [0.15, 0.2) is 0 Å². The van der Waals surface area contributed by atoms with Crippen molar-refractivity contribution in [3.63, 3.8) is 0 Å². The predicted octanol–water partition coefficient (Wildman–Crippen LogP) is 5.68. The molecule has 0 aliphatic heterocycles. The normalized spacial score (nSPS) is 11.8. The highest BCUT2D eigenvalue weighted by atomic mass is 16.5. The lowest BCUT2D eigenvalue weighted by molar-refractivity contribution is 0.415. The molecule has 0 amide bonds. The fraction of sp³-hybridized carbons (Fsp3) is 0.250. The van der Waals surface area contributed by atoms with Gasteiger partial charge in [0.2, 0.25) is 5.78 Å². The zero-order valence-electron chi connectivity index (χ0n) is 17.0. The van der Waals surface area contributed by atoms with Gasteiger partial charge in [0.25, 0.3) is 0 Å². The second kappa shape index (κ2) is 6.79. The van der Waals surface area contributed by atoms with E-state index in [2.05, 4.69) is 54.4 Å². The highest BCUT2D eigenvalue weighted by molar-refractivity contribution is 5.81. The first kappa shape index (κ1) is 18.2. The fourth-order valence-electron chi connectivity index (χ4n) is 3.37. The van der Waals surface area contributed by atoms with Gasteiger partial charge in [-0.15, -0.1) is 0 Å². The van der Waals surface area contributed by atoms with Crippen molar-refractivity contribution in [1.29, 1.82) is 0 Å². The number of rotatable bonds is 3. The first-order valence-corrected chi connectivity index (χ1v) is 9.48. The zero-order valence-corrected chi connectivity index (χ0v) is 17.0. The van der Waals surface area contributed by atoms with Crippen molar-refractivity contribution >= 4 is 5.78 Å². The van der Waals surface area contributed by atoms with E-state index in [-0.39, 0.29) is 5.41 Å². The van der Waals surface area contributed by atoms with Gasteiger partial charge < -0.3 is 4.74 Å². The van der Waals surface area contributed by atoms with E-state index >= 15 is 0 Å². The van der Waals surface area contributed by atoms with Crippen LogP contribution in [0.1, 0.15) is 32.0 Å². The Hall–Kier alpha value is -3.14. The average Bonchev–Trinajstić information content (AvgIpc) is 3.06. The Morgan fingerprint density at radius 3 is 2.07 bits per heavy atom. The monoisotopic (exact) mass is 371 g/mol. The van der Waals surface area contributed by atoms with E-state index in [1.807, 2.05) is 43.5 Å². The molecule has 4 nitrogen and oxygen atoms in total. The summed E-state index contributed by atoms with van der Waals surface area (Å²) in [6.07, 6.45) is 2.05. The topological polar surface area (TPSA) is 39.4 Å². The lowest BCUT2D eigenvalue weighted by atomic mass is 9.86. The molecule has 0 aliphatic rings. The first-order valence-electron chi connectivity index (χ1n) is 9.48. The van der Waals surface area contributed by atoms with Gasteiger partial charge in [0.1, 0.15) is 5.75 Å². The van der Waals surface area contributed by atoms with Crippen molar-refractivity contribution in [2.45, 2.75) is 33.1 Å². The lowest BCUT2D eigenvalue weighted by Gasteiger charge is -2.19. The Bertz CT molecular complexity index is 1120. The maximum Gasteiger partial charge on any atom is 0.235 e. The minimum absolute atomic E-state index is 0.121. The number of aromatic nitrogens is 3. The number of fused-ring (bicyclic) bond motifs is 1. The molecule has 0 bridgehead atoms. The summed E-state index contributed by atoms with van der Waals surface area (Å²) in [7, 11) is 1.68. The van der Waals surface area contributed by atoms with E-state index in [0.29, 0.717) is 5.78 Å². The summed E-state index contributed by atoms with van der Waals surface area (Å²) in [5, 5.41) is 0. The Morgan fingerprint density at radius 1 is 0.821 bits per heavy atom. The van der Waals surface area contributed by atoms with Gasteiger partial charge in [0.05, 0.1) is 18.5 Å². The number of benzene rings is 2. The molecule has 142 valence electrons. The Kier molecular flexibility index (Phi) is 4.42. The van der Waals surface area contributed by atoms with Gasteiger partial charge in [-0.2, -0.15) is 0 Å². The summed E-state index contributed by atoms with van der Waals surface area (Å²) in [5.74, 6) is 1.54. The largest absolute Gasteiger partial charge is 0.497 e. The number of methoxy groups -OCH3 is 1. The second-order valence-electron chi connectivity index (χ2n) is 8.10. The smallest absolute Gasteiger partial charge is 0.235 e. The van der Waals surface area contributed by atoms with Crippen LogP contribution in [0.2, 0.25) is 0 Å². The molecule has 0 saturated heterocycles. The van der Waals surface area contributed by atoms with Gasteiger partial charge >= 0.3 is 0 Å². The molecule has 4 heteroatoms. The van der Waals surface area contributed by atoms with Gasteiger partial charge in [0, 0.05) is 23.0 Å². The van der Waals surface area contributed by atoms with Gasteiger partial charge in [-0.3, -0.25) is 4.40 Å². The van der Waals surface area contributed by atoms with Gasteiger partial charge in [-0.05, 0) is 48.2 Å². The molecule has 0 unspecified atom stereocenters. The molecular formula is C24H25N3O. The highest BCUT2D eigenvalue weighted by Crippen LogP contribution is 2.34. The number of hydrogen-bond acceptors (Lipinski definition) is 3. The van der Waals surface area contributed by atoms with Crippen molar-refractivity contribution in [3.05, 3.63) is 72.1 Å². The number of imidazole rings is 1. The fourth-order valence-corrected chi connectivity index (χ4v) is 3.37. The van der Waals surface area contributed by atoms with Crippen LogP contribution in [0.25, 0.3) is 28.3 Å². The van der Waals surface area contributed by atoms with Crippen LogP contribution in [0, 0.1) is 6.92 Å². The summed E-state index contributed by atoms with van der Waals surface area (Å²) in [6, 6.07) is 18.8. The summed E-state index contributed by atoms with van der Waals surface area (Å²) < 4.78 is 7.37. The number of hydrogen-bond donors (Lipinski definition) is 0. The minimum Gasteiger partial charge on any atom is -0.497 e. The number of ether oxygens (including phenoxy) is 1. The Balaban J connectivity index is 1.92. The van der Waals surface area contributed by atoms with Crippen LogP contribution in [0.5, 0.6) is 5.75 Å². The van der Waals surface area contributed by atoms with E-state index in [1.54, 1.807) is 7.11 Å². The van der Waals surface area contributed by atoms with Crippen LogP contribution in [-0.2, 0) is 5.41 Å². The van der Waals surface area contributed by atoms with Crippen LogP contribution >= 0.6 is 0 Å². The lowest BCUT2D eigenvalue weighted by Crippen LogP contribution is -2.10. The molecule has 4 rings (SSSR count). The summed E-state index contributed by atoms with van der Waals surface area (Å²) in [6.45, 7) is 8.67. The molecule has 0 saturated carbocycles. The number of nitrogens with zero attached hydrogens (tertiary/aromatic N) is 3. The molecule has 0 aliphatic carbocycles. The average molecular weight is 371 g/mol. The highest BCUT2D eigenvalue weighted by Gasteiger charge is 2.18. The first-order chi connectivity index (χ1) is 13.4. The zero-order chi connectivity index (χ0) is 19.9. The molecular weight excluding hydrogens is 346 g/mol. The van der Waals surface area contributed by atoms with Crippen LogP contribution in [0.4, 0.5) is 0 Å². The predicted molar refractivity (Wildman–Crippen MR) is 114 cm³/mol. The molecule has 0 radical (unpaired) electrons. The standard InChI is InChI=1S/C24H25N3O/c1-16-14-15-27-22(18-6-10-19(11-7-18)24(2,3)4)21(26-23(27)25-16)17-8-12-20(28-5)13-9-17/h6-15H,1-5H3. The van der Waals surface area contributed by atoms with E-state index in [9.17, 15) is 0 Å². The third-order valence-electron chi connectivity index (χ3n) is 5.02. The van der Waals surface area contributed by atoms with Crippen LogP contribution < -0.4 is 4.74 Å². The van der Waals surface area contributed by atoms with Crippen molar-refractivity contribution in [3.8, 4) is 28.3 Å². The maximum absolute atomic E-state index is 5.30. The SMILES string of the molecule is COc1ccc(-c2nc3nc(C)ccn3c2-c2ccc(C(C)(C)C)cc2)cc1. The molecule has 0 spiro atoms. The van der Waals surface area contributed by atoms with Gasteiger partial charge in [-0.25, -0.2) is 9.97 Å². The van der Waals surface area contributed by atoms with E-state index in [1.165, 1.54) is 5.56 Å². The van der Waals surface area contributed by atoms with E-state index in [0.717, 1.165) is 34.0 Å². The van der Waals surface area contributed by atoms with E-state index < -0.39 is 0 Å². The molecule has 0 atom stereocenters. The van der Waals surface area contributed by atoms with Crippen LogP contribution in [-0.4, -0.2) is 21.5 Å². The molecule has 28 heavy (non-hydrogen) atoms. The van der Waals surface area contributed by atoms with Crippen molar-refractivity contribution < 1.29 is 4.74 Å². The van der Waals surface area contributed by atoms with Gasteiger partial charge in [-0.1, -0.05) is 45.0 Å². The third kappa shape index (κ3) is 3.26.